The highest BCUT2D eigenvalue weighted by molar-refractivity contribution is 7.84. The fraction of sp³-hybridized carbons (Fsp3) is 0.538. The molecule has 0 aliphatic carbocycles. The van der Waals surface area contributed by atoms with Crippen molar-refractivity contribution in [2.45, 2.75) is 26.3 Å². The molecule has 0 aromatic heterocycles. The average Bonchev–Trinajstić information content (AvgIpc) is 2.29. The lowest BCUT2D eigenvalue weighted by atomic mass is 10.1. The normalized spacial score (nSPS) is 12.6. The van der Waals surface area contributed by atoms with Crippen molar-refractivity contribution in [1.82, 2.24) is 5.32 Å². The highest BCUT2D eigenvalue weighted by Gasteiger charge is 1.98. The summed E-state index contributed by atoms with van der Waals surface area (Å²) in [6.45, 7) is 4.04. The molecular formula is C13H21NOS. The topological polar surface area (TPSA) is 29.1 Å². The Kier molecular flexibility index (Phi) is 6.34. The Morgan fingerprint density at radius 2 is 1.94 bits per heavy atom. The first-order valence-electron chi connectivity index (χ1n) is 5.81. The lowest BCUT2D eigenvalue weighted by molar-refractivity contribution is 0.660. The van der Waals surface area contributed by atoms with E-state index in [1.54, 1.807) is 6.26 Å². The van der Waals surface area contributed by atoms with E-state index in [9.17, 15) is 4.21 Å². The SMILES string of the molecule is CCc1ccccc1CNCCCS(C)=O. The van der Waals surface area contributed by atoms with Crippen LogP contribution in [0.25, 0.3) is 0 Å². The molecule has 0 spiro atoms. The van der Waals surface area contributed by atoms with E-state index in [1.807, 2.05) is 0 Å². The van der Waals surface area contributed by atoms with Gasteiger partial charge < -0.3 is 5.32 Å². The maximum Gasteiger partial charge on any atom is 0.0244 e. The summed E-state index contributed by atoms with van der Waals surface area (Å²) in [5.41, 5.74) is 2.79. The molecule has 1 aromatic carbocycles. The molecule has 0 amide bonds. The number of hydrogen-bond acceptors (Lipinski definition) is 2. The van der Waals surface area contributed by atoms with Gasteiger partial charge in [-0.2, -0.15) is 0 Å². The van der Waals surface area contributed by atoms with Gasteiger partial charge >= 0.3 is 0 Å². The van der Waals surface area contributed by atoms with Gasteiger partial charge in [0, 0.05) is 29.4 Å². The van der Waals surface area contributed by atoms with E-state index >= 15 is 0 Å². The molecule has 16 heavy (non-hydrogen) atoms. The minimum atomic E-state index is -0.660. The number of rotatable bonds is 7. The third-order valence-electron chi connectivity index (χ3n) is 2.60. The van der Waals surface area contributed by atoms with Gasteiger partial charge in [-0.1, -0.05) is 31.2 Å². The van der Waals surface area contributed by atoms with Crippen LogP contribution < -0.4 is 5.32 Å². The van der Waals surface area contributed by atoms with Crippen LogP contribution in [-0.4, -0.2) is 22.8 Å². The van der Waals surface area contributed by atoms with Gasteiger partial charge in [0.05, 0.1) is 0 Å². The molecular weight excluding hydrogens is 218 g/mol. The Bertz CT molecular complexity index is 338. The van der Waals surface area contributed by atoms with Crippen molar-refractivity contribution >= 4 is 10.8 Å². The van der Waals surface area contributed by atoms with Crippen molar-refractivity contribution in [3.05, 3.63) is 35.4 Å². The molecule has 2 nitrogen and oxygen atoms in total. The van der Waals surface area contributed by atoms with Gasteiger partial charge in [0.1, 0.15) is 0 Å². The summed E-state index contributed by atoms with van der Waals surface area (Å²) in [5.74, 6) is 0.794. The number of aryl methyl sites for hydroxylation is 1. The molecule has 0 heterocycles. The average molecular weight is 239 g/mol. The first-order chi connectivity index (χ1) is 7.74. The second kappa shape index (κ2) is 7.58. The maximum absolute atomic E-state index is 10.9. The Balaban J connectivity index is 2.28. The van der Waals surface area contributed by atoms with Crippen LogP contribution in [0, 0.1) is 0 Å². The maximum atomic E-state index is 10.9. The number of nitrogens with one attached hydrogen (secondary N) is 1. The quantitative estimate of drug-likeness (QED) is 0.738. The van der Waals surface area contributed by atoms with Gasteiger partial charge in [-0.25, -0.2) is 0 Å². The van der Waals surface area contributed by atoms with Crippen LogP contribution in [0.2, 0.25) is 0 Å². The molecule has 90 valence electrons. The monoisotopic (exact) mass is 239 g/mol. The van der Waals surface area contributed by atoms with Crippen LogP contribution >= 0.6 is 0 Å². The van der Waals surface area contributed by atoms with Crippen LogP contribution in [0.3, 0.4) is 0 Å². The van der Waals surface area contributed by atoms with E-state index in [0.29, 0.717) is 0 Å². The highest BCUT2D eigenvalue weighted by atomic mass is 32.2. The zero-order valence-corrected chi connectivity index (χ0v) is 11.0. The lowest BCUT2D eigenvalue weighted by Crippen LogP contribution is -2.17. The van der Waals surface area contributed by atoms with Gasteiger partial charge in [0.15, 0.2) is 0 Å². The third-order valence-corrected chi connectivity index (χ3v) is 3.46. The van der Waals surface area contributed by atoms with Crippen molar-refractivity contribution in [3.63, 3.8) is 0 Å². The summed E-state index contributed by atoms with van der Waals surface area (Å²) in [6, 6.07) is 8.52. The summed E-state index contributed by atoms with van der Waals surface area (Å²) >= 11 is 0. The second-order valence-corrected chi connectivity index (χ2v) is 5.48. The third kappa shape index (κ3) is 4.90. The van der Waals surface area contributed by atoms with Crippen LogP contribution in [0.15, 0.2) is 24.3 Å². The molecule has 1 rings (SSSR count). The van der Waals surface area contributed by atoms with Gasteiger partial charge in [0.25, 0.3) is 0 Å². The zero-order chi connectivity index (χ0) is 11.8. The fourth-order valence-corrected chi connectivity index (χ4v) is 2.25. The van der Waals surface area contributed by atoms with Gasteiger partial charge in [0.2, 0.25) is 0 Å². The predicted molar refractivity (Wildman–Crippen MR) is 71.1 cm³/mol. The Morgan fingerprint density at radius 3 is 2.56 bits per heavy atom. The van der Waals surface area contributed by atoms with Crippen LogP contribution in [0.1, 0.15) is 24.5 Å². The van der Waals surface area contributed by atoms with E-state index in [2.05, 4.69) is 36.5 Å². The molecule has 1 unspecified atom stereocenters. The van der Waals surface area contributed by atoms with Crippen LogP contribution in [0.5, 0.6) is 0 Å². The lowest BCUT2D eigenvalue weighted by Gasteiger charge is -2.08. The van der Waals surface area contributed by atoms with E-state index in [1.165, 1.54) is 11.1 Å². The van der Waals surface area contributed by atoms with Crippen LogP contribution in [0.4, 0.5) is 0 Å². The standard InChI is InChI=1S/C13H21NOS/c1-3-12-7-4-5-8-13(12)11-14-9-6-10-16(2)15/h4-5,7-8,14H,3,6,9-11H2,1-2H3. The molecule has 0 bridgehead atoms. The van der Waals surface area contributed by atoms with Crippen molar-refractivity contribution in [3.8, 4) is 0 Å². The second-order valence-electron chi connectivity index (χ2n) is 3.93. The summed E-state index contributed by atoms with van der Waals surface area (Å²) in [4.78, 5) is 0. The predicted octanol–water partition coefficient (Wildman–Crippen LogP) is 2.11. The Morgan fingerprint density at radius 1 is 1.25 bits per heavy atom. The first-order valence-corrected chi connectivity index (χ1v) is 7.54. The van der Waals surface area contributed by atoms with E-state index < -0.39 is 10.8 Å². The zero-order valence-electron chi connectivity index (χ0n) is 10.2. The molecule has 1 N–H and O–H groups in total. The summed E-state index contributed by atoms with van der Waals surface area (Å²) in [7, 11) is -0.660. The first kappa shape index (κ1) is 13.4. The minimum absolute atomic E-state index is 0.660. The van der Waals surface area contributed by atoms with Crippen molar-refractivity contribution in [2.24, 2.45) is 0 Å². The number of hydrogen-bond donors (Lipinski definition) is 1. The molecule has 0 aliphatic heterocycles. The van der Waals surface area contributed by atoms with Crippen molar-refractivity contribution in [1.29, 1.82) is 0 Å². The minimum Gasteiger partial charge on any atom is -0.313 e. The van der Waals surface area contributed by atoms with Gasteiger partial charge in [-0.15, -0.1) is 0 Å². The summed E-state index contributed by atoms with van der Waals surface area (Å²) in [5, 5.41) is 3.40. The Labute approximate surface area is 101 Å². The molecule has 0 radical (unpaired) electrons. The fourth-order valence-electron chi connectivity index (χ4n) is 1.70. The molecule has 3 heteroatoms. The van der Waals surface area contributed by atoms with Crippen molar-refractivity contribution < 1.29 is 4.21 Å². The Hall–Kier alpha value is -0.670. The highest BCUT2D eigenvalue weighted by Crippen LogP contribution is 2.08. The van der Waals surface area contributed by atoms with E-state index in [0.717, 1.165) is 31.7 Å². The molecule has 0 saturated heterocycles. The van der Waals surface area contributed by atoms with Gasteiger partial charge in [-0.05, 0) is 30.5 Å². The van der Waals surface area contributed by atoms with Crippen molar-refractivity contribution in [2.75, 3.05) is 18.6 Å². The smallest absolute Gasteiger partial charge is 0.0244 e. The summed E-state index contributed by atoms with van der Waals surface area (Å²) in [6.07, 6.45) is 3.82. The van der Waals surface area contributed by atoms with E-state index in [4.69, 9.17) is 0 Å². The van der Waals surface area contributed by atoms with Gasteiger partial charge in [-0.3, -0.25) is 4.21 Å². The van der Waals surface area contributed by atoms with E-state index in [-0.39, 0.29) is 0 Å². The molecule has 1 aromatic rings. The molecule has 1 atom stereocenters. The summed E-state index contributed by atoms with van der Waals surface area (Å²) < 4.78 is 10.9. The molecule has 0 fully saturated rings. The largest absolute Gasteiger partial charge is 0.313 e. The molecule has 0 aliphatic rings. The number of benzene rings is 1. The molecule has 0 saturated carbocycles. The van der Waals surface area contributed by atoms with Crippen LogP contribution in [-0.2, 0) is 23.8 Å².